The maximum absolute atomic E-state index is 5.76. The van der Waals surface area contributed by atoms with E-state index in [0.29, 0.717) is 18.2 Å². The Morgan fingerprint density at radius 3 is 3.17 bits per heavy atom. The van der Waals surface area contributed by atoms with E-state index in [1.807, 2.05) is 22.0 Å². The van der Waals surface area contributed by atoms with E-state index in [2.05, 4.69) is 31.2 Å². The van der Waals surface area contributed by atoms with Crippen LogP contribution >= 0.6 is 27.3 Å². The standard InChI is InChI=1S/C11H10BrN5S/c12-7-1-4-18-8(7)5-15-10-11-14-2-3-17(11)6-9(13)16-10/h1-4,6H,5,13H2,(H,15,16). The van der Waals surface area contributed by atoms with Crippen LogP contribution in [0.15, 0.2) is 34.5 Å². The zero-order chi connectivity index (χ0) is 12.5. The first-order chi connectivity index (χ1) is 8.74. The van der Waals surface area contributed by atoms with E-state index in [1.165, 1.54) is 4.88 Å². The van der Waals surface area contributed by atoms with E-state index in [4.69, 9.17) is 5.73 Å². The molecular weight excluding hydrogens is 314 g/mol. The third-order valence-corrected chi connectivity index (χ3v) is 4.43. The summed E-state index contributed by atoms with van der Waals surface area (Å²) in [7, 11) is 0. The summed E-state index contributed by atoms with van der Waals surface area (Å²) in [5, 5.41) is 5.30. The van der Waals surface area contributed by atoms with Gasteiger partial charge in [-0.3, -0.25) is 0 Å². The summed E-state index contributed by atoms with van der Waals surface area (Å²) in [6.07, 6.45) is 5.32. The quantitative estimate of drug-likeness (QED) is 0.777. The molecule has 0 unspecified atom stereocenters. The molecule has 0 amide bonds. The average Bonchev–Trinajstić information content (AvgIpc) is 2.94. The molecule has 0 fully saturated rings. The lowest BCUT2D eigenvalue weighted by Gasteiger charge is -2.07. The van der Waals surface area contributed by atoms with Gasteiger partial charge < -0.3 is 15.5 Å². The van der Waals surface area contributed by atoms with Gasteiger partial charge in [0.1, 0.15) is 5.82 Å². The molecule has 3 rings (SSSR count). The molecule has 18 heavy (non-hydrogen) atoms. The molecular formula is C11H10BrN5S. The highest BCUT2D eigenvalue weighted by Gasteiger charge is 2.07. The van der Waals surface area contributed by atoms with Crippen molar-refractivity contribution in [3.63, 3.8) is 0 Å². The number of anilines is 2. The number of fused-ring (bicyclic) bond motifs is 1. The molecule has 0 saturated heterocycles. The van der Waals surface area contributed by atoms with E-state index >= 15 is 0 Å². The number of halogens is 1. The van der Waals surface area contributed by atoms with Crippen LogP contribution in [0.5, 0.6) is 0 Å². The second-order valence-electron chi connectivity index (χ2n) is 3.72. The molecule has 0 aliphatic rings. The zero-order valence-electron chi connectivity index (χ0n) is 9.30. The number of nitrogens with two attached hydrogens (primary N) is 1. The maximum atomic E-state index is 5.76. The molecule has 0 aliphatic heterocycles. The Labute approximate surface area is 116 Å². The van der Waals surface area contributed by atoms with Crippen molar-refractivity contribution in [2.24, 2.45) is 0 Å². The molecule has 3 N–H and O–H groups in total. The maximum Gasteiger partial charge on any atom is 0.180 e. The Morgan fingerprint density at radius 1 is 1.50 bits per heavy atom. The third kappa shape index (κ3) is 2.06. The summed E-state index contributed by atoms with van der Waals surface area (Å²) < 4.78 is 2.96. The van der Waals surface area contributed by atoms with Gasteiger partial charge in [0.25, 0.3) is 0 Å². The van der Waals surface area contributed by atoms with E-state index in [9.17, 15) is 0 Å². The Hall–Kier alpha value is -1.60. The zero-order valence-corrected chi connectivity index (χ0v) is 11.7. The molecule has 0 aromatic carbocycles. The monoisotopic (exact) mass is 323 g/mol. The van der Waals surface area contributed by atoms with Gasteiger partial charge in [-0.05, 0) is 27.4 Å². The molecule has 0 spiro atoms. The largest absolute Gasteiger partial charge is 0.382 e. The molecule has 0 atom stereocenters. The van der Waals surface area contributed by atoms with Crippen molar-refractivity contribution in [1.82, 2.24) is 14.4 Å². The molecule has 0 aliphatic carbocycles. The number of imidazole rings is 1. The SMILES string of the molecule is Nc1cn2ccnc2c(NCc2sccc2Br)n1. The summed E-state index contributed by atoms with van der Waals surface area (Å²) in [6, 6.07) is 2.03. The smallest absolute Gasteiger partial charge is 0.180 e. The van der Waals surface area contributed by atoms with E-state index < -0.39 is 0 Å². The molecule has 0 saturated carbocycles. The van der Waals surface area contributed by atoms with Crippen LogP contribution in [0.1, 0.15) is 4.88 Å². The lowest BCUT2D eigenvalue weighted by molar-refractivity contribution is 1.09. The van der Waals surface area contributed by atoms with Crippen molar-refractivity contribution in [2.75, 3.05) is 11.1 Å². The Balaban J connectivity index is 1.90. The van der Waals surface area contributed by atoms with E-state index in [0.717, 1.165) is 10.1 Å². The van der Waals surface area contributed by atoms with E-state index in [-0.39, 0.29) is 0 Å². The lowest BCUT2D eigenvalue weighted by Crippen LogP contribution is -2.05. The highest BCUT2D eigenvalue weighted by atomic mass is 79.9. The number of nitrogens with zero attached hydrogens (tertiary/aromatic N) is 3. The predicted octanol–water partition coefficient (Wildman–Crippen LogP) is 2.75. The van der Waals surface area contributed by atoms with Crippen LogP contribution in [0, 0.1) is 0 Å². The first-order valence-corrected chi connectivity index (χ1v) is 6.96. The number of aromatic nitrogens is 3. The van der Waals surface area contributed by atoms with Crippen LogP contribution < -0.4 is 11.1 Å². The summed E-state index contributed by atoms with van der Waals surface area (Å²) in [6.45, 7) is 0.692. The molecule has 92 valence electrons. The fourth-order valence-electron chi connectivity index (χ4n) is 1.68. The van der Waals surface area contributed by atoms with Gasteiger partial charge in [0.2, 0.25) is 0 Å². The summed E-state index contributed by atoms with van der Waals surface area (Å²) in [4.78, 5) is 9.74. The fraction of sp³-hybridized carbons (Fsp3) is 0.0909. The van der Waals surface area contributed by atoms with Crippen LogP contribution in [0.2, 0.25) is 0 Å². The van der Waals surface area contributed by atoms with Crippen molar-refractivity contribution in [3.05, 3.63) is 39.4 Å². The summed E-state index contributed by atoms with van der Waals surface area (Å²) in [5.41, 5.74) is 6.53. The number of hydrogen-bond donors (Lipinski definition) is 2. The number of nitrogen functional groups attached to an aromatic ring is 1. The molecule has 7 heteroatoms. The number of thiophene rings is 1. The Morgan fingerprint density at radius 2 is 2.39 bits per heavy atom. The highest BCUT2D eigenvalue weighted by molar-refractivity contribution is 9.10. The van der Waals surface area contributed by atoms with Gasteiger partial charge in [0.15, 0.2) is 11.5 Å². The molecule has 0 radical (unpaired) electrons. The summed E-state index contributed by atoms with van der Waals surface area (Å²) in [5.74, 6) is 1.16. The molecule has 5 nitrogen and oxygen atoms in total. The van der Waals surface area contributed by atoms with Gasteiger partial charge >= 0.3 is 0 Å². The van der Waals surface area contributed by atoms with Crippen molar-refractivity contribution < 1.29 is 0 Å². The van der Waals surface area contributed by atoms with Gasteiger partial charge in [0.05, 0.1) is 12.7 Å². The third-order valence-electron chi connectivity index (χ3n) is 2.50. The lowest BCUT2D eigenvalue weighted by atomic mass is 10.4. The van der Waals surface area contributed by atoms with Crippen LogP contribution in [-0.4, -0.2) is 14.4 Å². The summed E-state index contributed by atoms with van der Waals surface area (Å²) >= 11 is 5.19. The van der Waals surface area contributed by atoms with Crippen molar-refractivity contribution in [1.29, 1.82) is 0 Å². The molecule has 3 aromatic rings. The topological polar surface area (TPSA) is 68.2 Å². The van der Waals surface area contributed by atoms with Crippen molar-refractivity contribution in [2.45, 2.75) is 6.54 Å². The first-order valence-electron chi connectivity index (χ1n) is 5.29. The predicted molar refractivity (Wildman–Crippen MR) is 76.7 cm³/mol. The van der Waals surface area contributed by atoms with Crippen molar-refractivity contribution in [3.8, 4) is 0 Å². The van der Waals surface area contributed by atoms with Gasteiger partial charge in [-0.1, -0.05) is 0 Å². The second kappa shape index (κ2) is 4.58. The van der Waals surface area contributed by atoms with Crippen LogP contribution in [0.3, 0.4) is 0 Å². The number of rotatable bonds is 3. The van der Waals surface area contributed by atoms with E-state index in [1.54, 1.807) is 23.7 Å². The molecule has 0 bridgehead atoms. The Kier molecular flexibility index (Phi) is 2.92. The van der Waals surface area contributed by atoms with Gasteiger partial charge in [0, 0.05) is 21.7 Å². The molecule has 3 heterocycles. The van der Waals surface area contributed by atoms with Gasteiger partial charge in [-0.25, -0.2) is 9.97 Å². The highest BCUT2D eigenvalue weighted by Crippen LogP contribution is 2.24. The van der Waals surface area contributed by atoms with Crippen LogP contribution in [0.4, 0.5) is 11.6 Å². The van der Waals surface area contributed by atoms with Crippen LogP contribution in [-0.2, 0) is 6.54 Å². The minimum absolute atomic E-state index is 0.466. The minimum atomic E-state index is 0.466. The number of nitrogens with one attached hydrogen (secondary N) is 1. The van der Waals surface area contributed by atoms with Gasteiger partial charge in [-0.2, -0.15) is 0 Å². The Bertz CT molecular complexity index is 690. The second-order valence-corrected chi connectivity index (χ2v) is 5.57. The van der Waals surface area contributed by atoms with Crippen LogP contribution in [0.25, 0.3) is 5.65 Å². The number of hydrogen-bond acceptors (Lipinski definition) is 5. The first kappa shape index (κ1) is 11.5. The van der Waals surface area contributed by atoms with Crippen molar-refractivity contribution >= 4 is 44.5 Å². The average molecular weight is 324 g/mol. The normalized spacial score (nSPS) is 10.9. The molecule has 3 aromatic heterocycles. The minimum Gasteiger partial charge on any atom is -0.382 e. The van der Waals surface area contributed by atoms with Gasteiger partial charge in [-0.15, -0.1) is 11.3 Å². The fourth-order valence-corrected chi connectivity index (χ4v) is 3.12.